The number of carbonyl (C=O) groups is 3. The predicted octanol–water partition coefficient (Wildman–Crippen LogP) is 2.21. The van der Waals surface area contributed by atoms with Gasteiger partial charge in [-0.2, -0.15) is 0 Å². The van der Waals surface area contributed by atoms with Crippen molar-refractivity contribution in [2.45, 2.75) is 57.5 Å². The monoisotopic (exact) mass is 344 g/mol. The van der Waals surface area contributed by atoms with Crippen molar-refractivity contribution in [1.82, 2.24) is 4.90 Å². The number of amides is 2. The lowest BCUT2D eigenvalue weighted by atomic mass is 9.96. The minimum Gasteiger partial charge on any atom is -0.481 e. The van der Waals surface area contributed by atoms with Crippen molar-refractivity contribution in [3.63, 3.8) is 0 Å². The van der Waals surface area contributed by atoms with Crippen molar-refractivity contribution in [2.24, 2.45) is 0 Å². The maximum absolute atomic E-state index is 13.2. The second-order valence-corrected chi connectivity index (χ2v) is 6.85. The zero-order valence-electron chi connectivity index (χ0n) is 14.5. The molecular weight excluding hydrogens is 320 g/mol. The summed E-state index contributed by atoms with van der Waals surface area (Å²) < 4.78 is 0. The second-order valence-electron chi connectivity index (χ2n) is 6.85. The molecule has 2 heterocycles. The van der Waals surface area contributed by atoms with Gasteiger partial charge in [-0.3, -0.25) is 19.3 Å². The molecule has 6 nitrogen and oxygen atoms in total. The summed E-state index contributed by atoms with van der Waals surface area (Å²) >= 11 is 0. The Morgan fingerprint density at radius 2 is 1.96 bits per heavy atom. The highest BCUT2D eigenvalue weighted by atomic mass is 16.4. The van der Waals surface area contributed by atoms with Gasteiger partial charge in [-0.05, 0) is 37.3 Å². The van der Waals surface area contributed by atoms with E-state index < -0.39 is 12.0 Å². The molecule has 0 aliphatic carbocycles. The molecule has 0 saturated carbocycles. The van der Waals surface area contributed by atoms with Crippen LogP contribution >= 0.6 is 0 Å². The number of likely N-dealkylation sites (tertiary alicyclic amines) is 1. The first-order valence-electron chi connectivity index (χ1n) is 8.89. The molecule has 6 heteroatoms. The Morgan fingerprint density at radius 1 is 1.20 bits per heavy atom. The van der Waals surface area contributed by atoms with Gasteiger partial charge in [0.05, 0.1) is 0 Å². The Balaban J connectivity index is 1.81. The van der Waals surface area contributed by atoms with E-state index in [1.165, 1.54) is 6.92 Å². The fourth-order valence-electron chi connectivity index (χ4n) is 4.05. The summed E-state index contributed by atoms with van der Waals surface area (Å²) in [6.07, 6.45) is 3.83. The molecule has 0 radical (unpaired) electrons. The first-order chi connectivity index (χ1) is 12.0. The summed E-state index contributed by atoms with van der Waals surface area (Å²) in [5, 5.41) is 8.96. The van der Waals surface area contributed by atoms with Crippen molar-refractivity contribution < 1.29 is 19.5 Å². The van der Waals surface area contributed by atoms with E-state index in [2.05, 4.69) is 0 Å². The number of rotatable bonds is 4. The molecule has 1 N–H and O–H groups in total. The van der Waals surface area contributed by atoms with Crippen LogP contribution in [0.15, 0.2) is 24.3 Å². The molecule has 2 aliphatic rings. The molecule has 0 bridgehead atoms. The van der Waals surface area contributed by atoms with E-state index in [9.17, 15) is 14.4 Å². The third-order valence-corrected chi connectivity index (χ3v) is 5.20. The van der Waals surface area contributed by atoms with Gasteiger partial charge in [0.25, 0.3) is 0 Å². The van der Waals surface area contributed by atoms with E-state index in [0.717, 1.165) is 30.5 Å². The fraction of sp³-hybridized carbons (Fsp3) is 0.526. The number of hydrogen-bond acceptors (Lipinski definition) is 3. The van der Waals surface area contributed by atoms with Gasteiger partial charge in [0.2, 0.25) is 11.8 Å². The average Bonchev–Trinajstić information content (AvgIpc) is 2.99. The van der Waals surface area contributed by atoms with Crippen LogP contribution in [0.4, 0.5) is 5.69 Å². The van der Waals surface area contributed by atoms with Crippen molar-refractivity contribution in [1.29, 1.82) is 0 Å². The average molecular weight is 344 g/mol. The highest BCUT2D eigenvalue weighted by molar-refractivity contribution is 6.02. The smallest absolute Gasteiger partial charge is 0.303 e. The Bertz CT molecular complexity index is 688. The van der Waals surface area contributed by atoms with Gasteiger partial charge >= 0.3 is 5.97 Å². The van der Waals surface area contributed by atoms with Crippen molar-refractivity contribution in [3.05, 3.63) is 29.8 Å². The SMILES string of the molecule is CC(=O)N1c2ccccc2C[C@H]1C(=O)N1CCCC[C@@H]1CCC(=O)O. The lowest BCUT2D eigenvalue weighted by molar-refractivity contribution is -0.141. The summed E-state index contributed by atoms with van der Waals surface area (Å²) in [7, 11) is 0. The first-order valence-corrected chi connectivity index (χ1v) is 8.89. The Hall–Kier alpha value is -2.37. The molecule has 2 atom stereocenters. The van der Waals surface area contributed by atoms with Crippen LogP contribution in [0.2, 0.25) is 0 Å². The molecule has 3 rings (SSSR count). The molecule has 1 aromatic carbocycles. The molecule has 0 unspecified atom stereocenters. The second kappa shape index (κ2) is 7.25. The van der Waals surface area contributed by atoms with Gasteiger partial charge < -0.3 is 10.0 Å². The molecule has 1 fully saturated rings. The van der Waals surface area contributed by atoms with Gasteiger partial charge in [0.1, 0.15) is 6.04 Å². The topological polar surface area (TPSA) is 77.9 Å². The Morgan fingerprint density at radius 3 is 2.68 bits per heavy atom. The molecule has 1 saturated heterocycles. The number of benzene rings is 1. The van der Waals surface area contributed by atoms with E-state index in [4.69, 9.17) is 5.11 Å². The van der Waals surface area contributed by atoms with Gasteiger partial charge in [0, 0.05) is 38.0 Å². The molecule has 2 amide bonds. The molecule has 0 aromatic heterocycles. The summed E-state index contributed by atoms with van der Waals surface area (Å²) in [4.78, 5) is 39.7. The largest absolute Gasteiger partial charge is 0.481 e. The number of anilines is 1. The Kier molecular flexibility index (Phi) is 5.06. The normalized spacial score (nSPS) is 22.6. The summed E-state index contributed by atoms with van der Waals surface area (Å²) in [6.45, 7) is 2.13. The number of aliphatic carboxylic acids is 1. The molecular formula is C19H24N2O4. The number of carbonyl (C=O) groups excluding carboxylic acids is 2. The van der Waals surface area contributed by atoms with Crippen LogP contribution in [0.25, 0.3) is 0 Å². The van der Waals surface area contributed by atoms with Crippen LogP contribution in [0.3, 0.4) is 0 Å². The van der Waals surface area contributed by atoms with Crippen LogP contribution in [0, 0.1) is 0 Å². The number of carboxylic acid groups (broad SMARTS) is 1. The first kappa shape index (κ1) is 17.5. The highest BCUT2D eigenvalue weighted by Gasteiger charge is 2.40. The highest BCUT2D eigenvalue weighted by Crippen LogP contribution is 2.34. The van der Waals surface area contributed by atoms with E-state index in [1.54, 1.807) is 4.90 Å². The van der Waals surface area contributed by atoms with E-state index in [0.29, 0.717) is 19.4 Å². The lowest BCUT2D eigenvalue weighted by Gasteiger charge is -2.38. The quantitative estimate of drug-likeness (QED) is 0.908. The van der Waals surface area contributed by atoms with Crippen molar-refractivity contribution in [3.8, 4) is 0 Å². The fourth-order valence-corrected chi connectivity index (χ4v) is 4.05. The Labute approximate surface area is 147 Å². The van der Waals surface area contributed by atoms with Crippen LogP contribution in [0.1, 0.15) is 44.6 Å². The van der Waals surface area contributed by atoms with Gasteiger partial charge in [0.15, 0.2) is 0 Å². The van der Waals surface area contributed by atoms with Gasteiger partial charge in [-0.25, -0.2) is 0 Å². The molecule has 0 spiro atoms. The van der Waals surface area contributed by atoms with Crippen LogP contribution in [-0.4, -0.2) is 46.4 Å². The zero-order valence-corrected chi connectivity index (χ0v) is 14.5. The van der Waals surface area contributed by atoms with Crippen LogP contribution in [0.5, 0.6) is 0 Å². The maximum atomic E-state index is 13.2. The number of hydrogen-bond donors (Lipinski definition) is 1. The standard InChI is InChI=1S/C19H24N2O4/c1-13(22)21-16-8-3-2-6-14(16)12-17(21)19(25)20-11-5-4-7-15(20)9-10-18(23)24/h2-3,6,8,15,17H,4-5,7,9-12H2,1H3,(H,23,24)/t15-,17+/m1/s1. The molecule has 25 heavy (non-hydrogen) atoms. The molecule has 1 aromatic rings. The lowest BCUT2D eigenvalue weighted by Crippen LogP contribution is -2.53. The van der Waals surface area contributed by atoms with Crippen molar-refractivity contribution >= 4 is 23.5 Å². The van der Waals surface area contributed by atoms with Crippen LogP contribution < -0.4 is 4.90 Å². The third kappa shape index (κ3) is 3.52. The third-order valence-electron chi connectivity index (χ3n) is 5.20. The van der Waals surface area contributed by atoms with Crippen LogP contribution in [-0.2, 0) is 20.8 Å². The van der Waals surface area contributed by atoms with E-state index >= 15 is 0 Å². The summed E-state index contributed by atoms with van der Waals surface area (Å²) in [6, 6.07) is 7.06. The maximum Gasteiger partial charge on any atom is 0.303 e. The number of nitrogens with zero attached hydrogens (tertiary/aromatic N) is 2. The van der Waals surface area contributed by atoms with Gasteiger partial charge in [-0.15, -0.1) is 0 Å². The molecule has 134 valence electrons. The summed E-state index contributed by atoms with van der Waals surface area (Å²) in [5.74, 6) is -1.03. The zero-order chi connectivity index (χ0) is 18.0. The number of para-hydroxylation sites is 1. The molecule has 2 aliphatic heterocycles. The minimum atomic E-state index is -0.836. The predicted molar refractivity (Wildman–Crippen MR) is 93.3 cm³/mol. The number of fused-ring (bicyclic) bond motifs is 1. The number of piperidine rings is 1. The summed E-state index contributed by atoms with van der Waals surface area (Å²) in [5.41, 5.74) is 1.82. The minimum absolute atomic E-state index is 0.0464. The van der Waals surface area contributed by atoms with Crippen molar-refractivity contribution in [2.75, 3.05) is 11.4 Å². The van der Waals surface area contributed by atoms with Gasteiger partial charge in [-0.1, -0.05) is 18.2 Å². The van der Waals surface area contributed by atoms with E-state index in [-0.39, 0.29) is 24.3 Å². The number of carboxylic acids is 1. The van der Waals surface area contributed by atoms with E-state index in [1.807, 2.05) is 29.2 Å².